The summed E-state index contributed by atoms with van der Waals surface area (Å²) in [6.45, 7) is 4.43. The molecule has 0 fully saturated rings. The Morgan fingerprint density at radius 1 is 1.57 bits per heavy atom. The smallest absolute Gasteiger partial charge is 0.134 e. The van der Waals surface area contributed by atoms with E-state index in [0.29, 0.717) is 23.4 Å². The van der Waals surface area contributed by atoms with Crippen LogP contribution in [0.25, 0.3) is 0 Å². The van der Waals surface area contributed by atoms with E-state index in [9.17, 15) is 4.39 Å². The van der Waals surface area contributed by atoms with Crippen LogP contribution in [0.5, 0.6) is 5.75 Å². The fourth-order valence-corrected chi connectivity index (χ4v) is 1.30. The van der Waals surface area contributed by atoms with Crippen molar-refractivity contribution in [1.29, 1.82) is 0 Å². The van der Waals surface area contributed by atoms with Gasteiger partial charge in [0.2, 0.25) is 0 Å². The molecule has 0 saturated heterocycles. The van der Waals surface area contributed by atoms with Crippen LogP contribution in [0.2, 0.25) is 0 Å². The van der Waals surface area contributed by atoms with Gasteiger partial charge in [0.05, 0.1) is 4.47 Å². The molecule has 0 aliphatic heterocycles. The topological polar surface area (TPSA) is 35.2 Å². The zero-order valence-corrected chi connectivity index (χ0v) is 9.18. The summed E-state index contributed by atoms with van der Waals surface area (Å²) in [5, 5.41) is 0. The maximum atomic E-state index is 12.7. The Labute approximate surface area is 90.7 Å². The number of benzene rings is 1. The molecule has 0 heterocycles. The van der Waals surface area contributed by atoms with Crippen molar-refractivity contribution in [2.75, 3.05) is 13.2 Å². The van der Waals surface area contributed by atoms with Crippen molar-refractivity contribution < 1.29 is 9.13 Å². The third-order valence-corrected chi connectivity index (χ3v) is 2.23. The van der Waals surface area contributed by atoms with Gasteiger partial charge in [-0.05, 0) is 39.7 Å². The number of nitrogens with two attached hydrogens (primary N) is 1. The van der Waals surface area contributed by atoms with Crippen LogP contribution in [0.1, 0.15) is 0 Å². The van der Waals surface area contributed by atoms with Gasteiger partial charge in [-0.2, -0.15) is 0 Å². The SMILES string of the molecule is C=C(CN)COc1ccc(F)cc1Br. The number of hydrogen-bond donors (Lipinski definition) is 1. The molecule has 0 aliphatic rings. The zero-order chi connectivity index (χ0) is 10.6. The van der Waals surface area contributed by atoms with E-state index < -0.39 is 0 Å². The first-order valence-corrected chi connectivity index (χ1v) is 4.87. The van der Waals surface area contributed by atoms with E-state index in [0.717, 1.165) is 5.57 Å². The van der Waals surface area contributed by atoms with E-state index in [1.807, 2.05) is 0 Å². The molecule has 0 unspecified atom stereocenters. The van der Waals surface area contributed by atoms with Gasteiger partial charge in [0.1, 0.15) is 18.2 Å². The fourth-order valence-electron chi connectivity index (χ4n) is 0.831. The number of rotatable bonds is 4. The first kappa shape index (κ1) is 11.2. The van der Waals surface area contributed by atoms with Crippen LogP contribution in [-0.2, 0) is 0 Å². The predicted molar refractivity (Wildman–Crippen MR) is 57.8 cm³/mol. The van der Waals surface area contributed by atoms with Gasteiger partial charge in [-0.15, -0.1) is 0 Å². The maximum absolute atomic E-state index is 12.7. The third kappa shape index (κ3) is 3.12. The number of ether oxygens (including phenoxy) is 1. The summed E-state index contributed by atoms with van der Waals surface area (Å²) < 4.78 is 18.6. The van der Waals surface area contributed by atoms with Crippen LogP contribution >= 0.6 is 15.9 Å². The second kappa shape index (κ2) is 5.12. The van der Waals surface area contributed by atoms with Gasteiger partial charge >= 0.3 is 0 Å². The van der Waals surface area contributed by atoms with Crippen LogP contribution < -0.4 is 10.5 Å². The molecule has 0 aliphatic carbocycles. The molecule has 1 aromatic carbocycles. The maximum Gasteiger partial charge on any atom is 0.134 e. The molecule has 1 rings (SSSR count). The molecule has 0 amide bonds. The van der Waals surface area contributed by atoms with E-state index >= 15 is 0 Å². The molecule has 0 aromatic heterocycles. The molecule has 1 aromatic rings. The standard InChI is InChI=1S/C10H11BrFNO/c1-7(5-13)6-14-10-3-2-8(12)4-9(10)11/h2-4H,1,5-6,13H2. The average molecular weight is 260 g/mol. The molecule has 4 heteroatoms. The molecule has 0 bridgehead atoms. The summed E-state index contributed by atoms with van der Waals surface area (Å²) in [4.78, 5) is 0. The lowest BCUT2D eigenvalue weighted by Crippen LogP contribution is -2.10. The first-order valence-electron chi connectivity index (χ1n) is 4.08. The lowest BCUT2D eigenvalue weighted by atomic mass is 10.3. The van der Waals surface area contributed by atoms with Gasteiger partial charge in [-0.3, -0.25) is 0 Å². The summed E-state index contributed by atoms with van der Waals surface area (Å²) in [6, 6.07) is 4.25. The van der Waals surface area contributed by atoms with Crippen LogP contribution in [-0.4, -0.2) is 13.2 Å². The van der Waals surface area contributed by atoms with Crippen molar-refractivity contribution in [3.05, 3.63) is 40.6 Å². The number of hydrogen-bond acceptors (Lipinski definition) is 2. The Balaban J connectivity index is 2.63. The van der Waals surface area contributed by atoms with Gasteiger partial charge in [-0.25, -0.2) is 4.39 Å². The minimum absolute atomic E-state index is 0.304. The molecule has 0 spiro atoms. The van der Waals surface area contributed by atoms with E-state index in [-0.39, 0.29) is 5.82 Å². The fraction of sp³-hybridized carbons (Fsp3) is 0.200. The highest BCUT2D eigenvalue weighted by molar-refractivity contribution is 9.10. The monoisotopic (exact) mass is 259 g/mol. The van der Waals surface area contributed by atoms with Gasteiger partial charge < -0.3 is 10.5 Å². The molecule has 14 heavy (non-hydrogen) atoms. The Morgan fingerprint density at radius 2 is 2.29 bits per heavy atom. The quantitative estimate of drug-likeness (QED) is 0.844. The minimum Gasteiger partial charge on any atom is -0.488 e. The molecule has 2 nitrogen and oxygen atoms in total. The van der Waals surface area contributed by atoms with Crippen molar-refractivity contribution in [3.8, 4) is 5.75 Å². The zero-order valence-electron chi connectivity index (χ0n) is 7.59. The summed E-state index contributed by atoms with van der Waals surface area (Å²) >= 11 is 3.19. The average Bonchev–Trinajstić information content (AvgIpc) is 2.16. The second-order valence-corrected chi connectivity index (χ2v) is 3.67. The summed E-state index contributed by atoms with van der Waals surface area (Å²) in [6.07, 6.45) is 0. The van der Waals surface area contributed by atoms with E-state index in [1.165, 1.54) is 12.1 Å². The lowest BCUT2D eigenvalue weighted by Gasteiger charge is -2.08. The van der Waals surface area contributed by atoms with Crippen LogP contribution in [0.4, 0.5) is 4.39 Å². The second-order valence-electron chi connectivity index (χ2n) is 2.82. The highest BCUT2D eigenvalue weighted by Crippen LogP contribution is 2.25. The minimum atomic E-state index is -0.304. The van der Waals surface area contributed by atoms with E-state index in [1.54, 1.807) is 6.07 Å². The normalized spacial score (nSPS) is 9.93. The van der Waals surface area contributed by atoms with Crippen molar-refractivity contribution in [3.63, 3.8) is 0 Å². The summed E-state index contributed by atoms with van der Waals surface area (Å²) in [5.41, 5.74) is 6.14. The van der Waals surface area contributed by atoms with Gasteiger partial charge in [0, 0.05) is 6.54 Å². The Bertz CT molecular complexity index is 341. The lowest BCUT2D eigenvalue weighted by molar-refractivity contribution is 0.348. The van der Waals surface area contributed by atoms with Crippen LogP contribution in [0.15, 0.2) is 34.8 Å². The Hall–Kier alpha value is -0.870. The molecule has 0 saturated carbocycles. The van der Waals surface area contributed by atoms with Crippen molar-refractivity contribution >= 4 is 15.9 Å². The third-order valence-electron chi connectivity index (χ3n) is 1.61. The van der Waals surface area contributed by atoms with Gasteiger partial charge in [0.15, 0.2) is 0 Å². The van der Waals surface area contributed by atoms with Crippen LogP contribution in [0, 0.1) is 5.82 Å². The molecule has 0 atom stereocenters. The van der Waals surface area contributed by atoms with Gasteiger partial charge in [-0.1, -0.05) is 6.58 Å². The highest BCUT2D eigenvalue weighted by atomic mass is 79.9. The van der Waals surface area contributed by atoms with Crippen molar-refractivity contribution in [2.24, 2.45) is 5.73 Å². The van der Waals surface area contributed by atoms with E-state index in [4.69, 9.17) is 10.5 Å². The first-order chi connectivity index (χ1) is 6.63. The predicted octanol–water partition coefficient (Wildman–Crippen LogP) is 2.48. The Kier molecular flexibility index (Phi) is 4.10. The largest absolute Gasteiger partial charge is 0.488 e. The van der Waals surface area contributed by atoms with Crippen molar-refractivity contribution in [2.45, 2.75) is 0 Å². The molecular formula is C10H11BrFNO. The molecular weight excluding hydrogens is 249 g/mol. The molecule has 76 valence electrons. The molecule has 2 N–H and O–H groups in total. The van der Waals surface area contributed by atoms with Gasteiger partial charge in [0.25, 0.3) is 0 Å². The summed E-state index contributed by atoms with van der Waals surface area (Å²) in [5.74, 6) is 0.280. The van der Waals surface area contributed by atoms with Crippen molar-refractivity contribution in [1.82, 2.24) is 0 Å². The number of halogens is 2. The Morgan fingerprint density at radius 3 is 2.86 bits per heavy atom. The highest BCUT2D eigenvalue weighted by Gasteiger charge is 2.02. The summed E-state index contributed by atoms with van der Waals surface area (Å²) in [7, 11) is 0. The van der Waals surface area contributed by atoms with E-state index in [2.05, 4.69) is 22.5 Å². The van der Waals surface area contributed by atoms with Crippen LogP contribution in [0.3, 0.4) is 0 Å². The molecule has 0 radical (unpaired) electrons.